The fourth-order valence-electron chi connectivity index (χ4n) is 4.21. The molecule has 0 saturated carbocycles. The standard InChI is InChI=1S/C27H33BrO9P/c1-29-16-10-19(32-4)25(20(11-16)33-5)38(28,26-21(34-6)12-17(30-2)13-22(26)35-7)27-23(36-8)14-18(31-3)15-24(27)37-9/h10-15H,1-9H3/q+1. The van der Waals surface area contributed by atoms with Gasteiger partial charge in [0.15, 0.2) is 65.9 Å². The molecule has 0 saturated heterocycles. The number of hydrogen-bond acceptors (Lipinski definition) is 9. The summed E-state index contributed by atoms with van der Waals surface area (Å²) in [5, 5.41) is 2.06. The monoisotopic (exact) mass is 611 g/mol. The number of rotatable bonds is 12. The summed E-state index contributed by atoms with van der Waals surface area (Å²) in [5.41, 5.74) is 0. The summed E-state index contributed by atoms with van der Waals surface area (Å²) in [6, 6.07) is 10.7. The quantitative estimate of drug-likeness (QED) is 0.277. The van der Waals surface area contributed by atoms with E-state index in [1.54, 1.807) is 100 Å². The molecule has 0 bridgehead atoms. The topological polar surface area (TPSA) is 83.1 Å². The number of ether oxygens (including phenoxy) is 9. The predicted octanol–water partition coefficient (Wildman–Crippen LogP) is 4.37. The predicted molar refractivity (Wildman–Crippen MR) is 153 cm³/mol. The van der Waals surface area contributed by atoms with E-state index in [4.69, 9.17) is 42.6 Å². The number of benzene rings is 3. The summed E-state index contributed by atoms with van der Waals surface area (Å²) in [7, 11) is 14.2. The molecule has 0 aliphatic heterocycles. The van der Waals surface area contributed by atoms with Gasteiger partial charge in [0.05, 0.1) is 64.0 Å². The van der Waals surface area contributed by atoms with E-state index in [0.717, 1.165) is 0 Å². The second kappa shape index (κ2) is 12.5. The molecule has 0 spiro atoms. The van der Waals surface area contributed by atoms with E-state index in [0.29, 0.717) is 67.7 Å². The minimum Gasteiger partial charge on any atom is -0.496 e. The summed E-state index contributed by atoms with van der Waals surface area (Å²) >= 11 is 4.21. The minimum atomic E-state index is -3.05. The van der Waals surface area contributed by atoms with Crippen LogP contribution in [-0.4, -0.2) is 64.0 Å². The van der Waals surface area contributed by atoms with Gasteiger partial charge in [-0.2, -0.15) is 0 Å². The van der Waals surface area contributed by atoms with Gasteiger partial charge in [0.1, 0.15) is 17.2 Å². The number of hydrogen-bond donors (Lipinski definition) is 0. The van der Waals surface area contributed by atoms with E-state index in [1.165, 1.54) is 0 Å². The van der Waals surface area contributed by atoms with Gasteiger partial charge in [0.25, 0.3) is 0 Å². The first-order chi connectivity index (χ1) is 18.3. The minimum absolute atomic E-state index is 0.506. The third-order valence-corrected chi connectivity index (χ3v) is 12.4. The molecule has 0 aliphatic carbocycles. The summed E-state index contributed by atoms with van der Waals surface area (Å²) in [5.74, 6) is 1.67. The molecule has 3 aromatic carbocycles. The van der Waals surface area contributed by atoms with E-state index in [2.05, 4.69) is 15.5 Å². The fourth-order valence-corrected chi connectivity index (χ4v) is 10.8. The molecule has 0 fully saturated rings. The molecule has 0 aromatic heterocycles. The van der Waals surface area contributed by atoms with Gasteiger partial charge in [0, 0.05) is 36.4 Å². The summed E-state index contributed by atoms with van der Waals surface area (Å²) in [6.45, 7) is 0. The van der Waals surface area contributed by atoms with Crippen molar-refractivity contribution in [2.24, 2.45) is 0 Å². The summed E-state index contributed by atoms with van der Waals surface area (Å²) < 4.78 is 52.1. The van der Waals surface area contributed by atoms with Crippen LogP contribution in [0.3, 0.4) is 0 Å². The highest BCUT2D eigenvalue weighted by atomic mass is 79.9. The van der Waals surface area contributed by atoms with E-state index in [-0.39, 0.29) is 0 Å². The van der Waals surface area contributed by atoms with Gasteiger partial charge in [-0.15, -0.1) is 0 Å². The molecule has 0 heterocycles. The highest BCUT2D eigenvalue weighted by molar-refractivity contribution is 9.44. The number of halogens is 1. The molecule has 3 aromatic rings. The van der Waals surface area contributed by atoms with Gasteiger partial charge in [-0.05, 0) is 0 Å². The van der Waals surface area contributed by atoms with Gasteiger partial charge < -0.3 is 42.6 Å². The lowest BCUT2D eigenvalue weighted by Gasteiger charge is -2.28. The first-order valence-corrected chi connectivity index (χ1v) is 15.1. The van der Waals surface area contributed by atoms with Gasteiger partial charge in [-0.3, -0.25) is 0 Å². The Labute approximate surface area is 231 Å². The van der Waals surface area contributed by atoms with Crippen LogP contribution in [0, 0.1) is 0 Å². The zero-order chi connectivity index (χ0) is 28.0. The van der Waals surface area contributed by atoms with E-state index >= 15 is 0 Å². The van der Waals surface area contributed by atoms with Crippen molar-refractivity contribution in [2.75, 3.05) is 64.0 Å². The molecular weight excluding hydrogens is 579 g/mol. The lowest BCUT2D eigenvalue weighted by Crippen LogP contribution is -2.32. The Bertz CT molecular complexity index is 1050. The fraction of sp³-hybridized carbons (Fsp3) is 0.333. The van der Waals surface area contributed by atoms with Crippen molar-refractivity contribution < 1.29 is 42.6 Å². The van der Waals surface area contributed by atoms with E-state index in [1.807, 2.05) is 0 Å². The molecule has 206 valence electrons. The Morgan fingerprint density at radius 2 is 0.553 bits per heavy atom. The zero-order valence-electron chi connectivity index (χ0n) is 23.0. The van der Waals surface area contributed by atoms with Gasteiger partial charge in [-0.25, -0.2) is 0 Å². The third kappa shape index (κ3) is 5.07. The van der Waals surface area contributed by atoms with Crippen LogP contribution in [0.15, 0.2) is 36.4 Å². The van der Waals surface area contributed by atoms with Crippen molar-refractivity contribution in [1.29, 1.82) is 0 Å². The molecule has 0 amide bonds. The summed E-state index contributed by atoms with van der Waals surface area (Å²) in [4.78, 5) is 0. The average molecular weight is 612 g/mol. The maximum atomic E-state index is 5.93. The normalized spacial score (nSPS) is 10.9. The van der Waals surface area contributed by atoms with Crippen molar-refractivity contribution in [3.8, 4) is 51.7 Å². The lowest BCUT2D eigenvalue weighted by molar-refractivity contribution is 0.378. The van der Waals surface area contributed by atoms with Crippen LogP contribution in [0.4, 0.5) is 0 Å². The van der Waals surface area contributed by atoms with Crippen LogP contribution in [-0.2, 0) is 0 Å². The Morgan fingerprint density at radius 3 is 0.684 bits per heavy atom. The van der Waals surface area contributed by atoms with Crippen LogP contribution >= 0.6 is 21.5 Å². The Kier molecular flexibility index (Phi) is 9.68. The van der Waals surface area contributed by atoms with Crippen molar-refractivity contribution >= 4 is 37.4 Å². The first kappa shape index (κ1) is 29.3. The van der Waals surface area contributed by atoms with Crippen LogP contribution in [0.1, 0.15) is 0 Å². The van der Waals surface area contributed by atoms with Crippen molar-refractivity contribution in [3.05, 3.63) is 36.4 Å². The highest BCUT2D eigenvalue weighted by Crippen LogP contribution is 2.71. The molecule has 0 atom stereocenters. The van der Waals surface area contributed by atoms with Crippen molar-refractivity contribution in [2.45, 2.75) is 0 Å². The average Bonchev–Trinajstić information content (AvgIpc) is 2.97. The molecule has 0 radical (unpaired) electrons. The SMILES string of the molecule is COc1cc(OC)c([P+](Br)(c2c(OC)cc(OC)cc2OC)c2c(OC)cc(OC)cc2OC)c(OC)c1. The smallest absolute Gasteiger partial charge is 0.204 e. The molecule has 11 heteroatoms. The Balaban J connectivity index is 2.68. The van der Waals surface area contributed by atoms with E-state index in [9.17, 15) is 0 Å². The van der Waals surface area contributed by atoms with Crippen molar-refractivity contribution in [1.82, 2.24) is 0 Å². The second-order valence-corrected chi connectivity index (χ2v) is 13.4. The van der Waals surface area contributed by atoms with Gasteiger partial charge in [0.2, 0.25) is 5.96 Å². The van der Waals surface area contributed by atoms with Crippen LogP contribution < -0.4 is 58.5 Å². The second-order valence-electron chi connectivity index (χ2n) is 7.73. The van der Waals surface area contributed by atoms with Crippen molar-refractivity contribution in [3.63, 3.8) is 0 Å². The van der Waals surface area contributed by atoms with Crippen LogP contribution in [0.2, 0.25) is 0 Å². The largest absolute Gasteiger partial charge is 0.496 e. The maximum Gasteiger partial charge on any atom is 0.204 e. The Morgan fingerprint density at radius 1 is 0.368 bits per heavy atom. The van der Waals surface area contributed by atoms with E-state index < -0.39 is 5.96 Å². The first-order valence-electron chi connectivity index (χ1n) is 11.3. The molecule has 38 heavy (non-hydrogen) atoms. The zero-order valence-corrected chi connectivity index (χ0v) is 25.4. The molecule has 9 nitrogen and oxygen atoms in total. The van der Waals surface area contributed by atoms with Gasteiger partial charge in [-0.1, -0.05) is 0 Å². The number of methoxy groups -OCH3 is 9. The molecule has 0 unspecified atom stereocenters. The van der Waals surface area contributed by atoms with Crippen LogP contribution in [0.25, 0.3) is 0 Å². The molecule has 0 aliphatic rings. The molecule has 3 rings (SSSR count). The third-order valence-electron chi connectivity index (χ3n) is 5.99. The highest BCUT2D eigenvalue weighted by Gasteiger charge is 2.57. The Hall–Kier alpha value is -3.23. The van der Waals surface area contributed by atoms with Gasteiger partial charge >= 0.3 is 0 Å². The maximum absolute atomic E-state index is 5.93. The molecule has 0 N–H and O–H groups in total. The summed E-state index contributed by atoms with van der Waals surface area (Å²) in [6.07, 6.45) is 0. The lowest BCUT2D eigenvalue weighted by atomic mass is 10.3. The molecular formula is C27H33BrO9P+. The van der Waals surface area contributed by atoms with Crippen LogP contribution in [0.5, 0.6) is 51.7 Å².